The Morgan fingerprint density at radius 2 is 2.19 bits per heavy atom. The molecule has 0 N–H and O–H groups in total. The Morgan fingerprint density at radius 1 is 1.31 bits per heavy atom. The zero-order valence-corrected chi connectivity index (χ0v) is 10.2. The number of ether oxygens (including phenoxy) is 1. The molecule has 0 aliphatic carbocycles. The molecule has 5 heteroatoms. The first-order chi connectivity index (χ1) is 7.86. The third kappa shape index (κ3) is 2.04. The van der Waals surface area contributed by atoms with E-state index in [0.29, 0.717) is 12.5 Å². The molecule has 0 bridgehead atoms. The summed E-state index contributed by atoms with van der Waals surface area (Å²) in [6.45, 7) is 5.56. The standard InChI is InChI=1S/C11H14N3OS/c1-3-14-8-6-5-7-9(14)10-11(15-4-2)13-16-12-10/h5-8H,3-4H2,1-2H3/q+1. The molecule has 0 radical (unpaired) electrons. The van der Waals surface area contributed by atoms with Crippen LogP contribution in [0.5, 0.6) is 5.88 Å². The molecule has 0 aliphatic heterocycles. The zero-order valence-electron chi connectivity index (χ0n) is 9.38. The molecule has 2 aromatic rings. The molecule has 16 heavy (non-hydrogen) atoms. The summed E-state index contributed by atoms with van der Waals surface area (Å²) in [5.41, 5.74) is 1.87. The first kappa shape index (κ1) is 11.0. The van der Waals surface area contributed by atoms with Crippen LogP contribution < -0.4 is 9.30 Å². The van der Waals surface area contributed by atoms with Gasteiger partial charge in [-0.3, -0.25) is 0 Å². The first-order valence-electron chi connectivity index (χ1n) is 5.31. The van der Waals surface area contributed by atoms with E-state index < -0.39 is 0 Å². The minimum Gasteiger partial charge on any atom is -0.476 e. The summed E-state index contributed by atoms with van der Waals surface area (Å²) in [5, 5.41) is 0. The van der Waals surface area contributed by atoms with Crippen molar-refractivity contribution in [3.05, 3.63) is 24.4 Å². The highest BCUT2D eigenvalue weighted by Gasteiger charge is 2.19. The van der Waals surface area contributed by atoms with E-state index in [9.17, 15) is 0 Å². The molecule has 84 valence electrons. The maximum atomic E-state index is 5.45. The molecule has 0 saturated carbocycles. The predicted octanol–water partition coefficient (Wildman–Crippen LogP) is 1.91. The second-order valence-corrected chi connectivity index (χ2v) is 3.75. The summed E-state index contributed by atoms with van der Waals surface area (Å²) in [5.74, 6) is 0.626. The van der Waals surface area contributed by atoms with E-state index >= 15 is 0 Å². The maximum Gasteiger partial charge on any atom is 0.260 e. The second kappa shape index (κ2) is 5.03. The summed E-state index contributed by atoms with van der Waals surface area (Å²) in [7, 11) is 0. The molecule has 0 fully saturated rings. The van der Waals surface area contributed by atoms with Gasteiger partial charge in [0, 0.05) is 12.1 Å². The number of aromatic nitrogens is 3. The molecule has 4 nitrogen and oxygen atoms in total. The van der Waals surface area contributed by atoms with Crippen molar-refractivity contribution in [2.45, 2.75) is 20.4 Å². The van der Waals surface area contributed by atoms with Crippen LogP contribution in [0.2, 0.25) is 0 Å². The predicted molar refractivity (Wildman–Crippen MR) is 62.4 cm³/mol. The summed E-state index contributed by atoms with van der Waals surface area (Å²) < 4.78 is 16.0. The first-order valence-corrected chi connectivity index (χ1v) is 6.04. The Morgan fingerprint density at radius 3 is 2.94 bits per heavy atom. The maximum absolute atomic E-state index is 5.45. The SMILES string of the molecule is CCOc1nsnc1-c1cccc[n+]1CC. The van der Waals surface area contributed by atoms with Crippen molar-refractivity contribution in [3.63, 3.8) is 0 Å². The Hall–Kier alpha value is -1.49. The average Bonchev–Trinajstić information content (AvgIpc) is 2.77. The van der Waals surface area contributed by atoms with Crippen molar-refractivity contribution in [2.24, 2.45) is 0 Å². The minimum absolute atomic E-state index is 0.609. The molecule has 2 heterocycles. The van der Waals surface area contributed by atoms with E-state index in [1.807, 2.05) is 31.3 Å². The largest absolute Gasteiger partial charge is 0.476 e. The lowest BCUT2D eigenvalue weighted by molar-refractivity contribution is -0.682. The Bertz CT molecular complexity index is 470. The van der Waals surface area contributed by atoms with Gasteiger partial charge in [-0.2, -0.15) is 8.94 Å². The zero-order chi connectivity index (χ0) is 11.4. The topological polar surface area (TPSA) is 38.9 Å². The van der Waals surface area contributed by atoms with E-state index in [0.717, 1.165) is 17.9 Å². The molecular weight excluding hydrogens is 222 g/mol. The molecule has 0 unspecified atom stereocenters. The van der Waals surface area contributed by atoms with E-state index in [4.69, 9.17) is 4.74 Å². The van der Waals surface area contributed by atoms with Gasteiger partial charge in [-0.25, -0.2) is 0 Å². The van der Waals surface area contributed by atoms with Gasteiger partial charge in [0.25, 0.3) is 5.88 Å². The Balaban J connectivity index is 2.45. The summed E-state index contributed by atoms with van der Waals surface area (Å²) >= 11 is 1.18. The average molecular weight is 236 g/mol. The van der Waals surface area contributed by atoms with E-state index in [2.05, 4.69) is 20.2 Å². The lowest BCUT2D eigenvalue weighted by Crippen LogP contribution is -2.34. The van der Waals surface area contributed by atoms with Crippen LogP contribution in [0.1, 0.15) is 13.8 Å². The Kier molecular flexibility index (Phi) is 3.46. The van der Waals surface area contributed by atoms with E-state index in [1.54, 1.807) is 0 Å². The summed E-state index contributed by atoms with van der Waals surface area (Å²) in [6.07, 6.45) is 2.03. The molecule has 0 spiro atoms. The van der Waals surface area contributed by atoms with Crippen LogP contribution in [-0.4, -0.2) is 15.4 Å². The van der Waals surface area contributed by atoms with Crippen molar-refractivity contribution >= 4 is 11.7 Å². The van der Waals surface area contributed by atoms with Crippen LogP contribution in [0.15, 0.2) is 24.4 Å². The van der Waals surface area contributed by atoms with Gasteiger partial charge in [0.05, 0.1) is 18.3 Å². The number of aryl methyl sites for hydroxylation is 1. The van der Waals surface area contributed by atoms with Crippen molar-refractivity contribution in [1.82, 2.24) is 8.75 Å². The fraction of sp³-hybridized carbons (Fsp3) is 0.364. The normalized spacial score (nSPS) is 10.4. The number of hydrogen-bond donors (Lipinski definition) is 0. The van der Waals surface area contributed by atoms with Crippen LogP contribution in [0.25, 0.3) is 11.4 Å². The van der Waals surface area contributed by atoms with E-state index in [1.165, 1.54) is 11.7 Å². The van der Waals surface area contributed by atoms with Gasteiger partial charge in [-0.05, 0) is 19.9 Å². The van der Waals surface area contributed by atoms with Crippen LogP contribution in [0.3, 0.4) is 0 Å². The quantitative estimate of drug-likeness (QED) is 0.761. The van der Waals surface area contributed by atoms with Crippen LogP contribution in [0, 0.1) is 0 Å². The highest BCUT2D eigenvalue weighted by molar-refractivity contribution is 6.99. The monoisotopic (exact) mass is 236 g/mol. The Labute approximate surface area is 98.9 Å². The van der Waals surface area contributed by atoms with Crippen molar-refractivity contribution in [1.29, 1.82) is 0 Å². The van der Waals surface area contributed by atoms with Crippen LogP contribution in [0.4, 0.5) is 0 Å². The highest BCUT2D eigenvalue weighted by atomic mass is 32.1. The van der Waals surface area contributed by atoms with Gasteiger partial charge < -0.3 is 4.74 Å². The van der Waals surface area contributed by atoms with Gasteiger partial charge in [-0.1, -0.05) is 0 Å². The van der Waals surface area contributed by atoms with Gasteiger partial charge in [0.15, 0.2) is 6.20 Å². The smallest absolute Gasteiger partial charge is 0.260 e. The summed E-state index contributed by atoms with van der Waals surface area (Å²) in [4.78, 5) is 0. The number of nitrogens with zero attached hydrogens (tertiary/aromatic N) is 3. The second-order valence-electron chi connectivity index (χ2n) is 3.22. The van der Waals surface area contributed by atoms with Crippen LogP contribution >= 0.6 is 11.7 Å². The fourth-order valence-corrected chi connectivity index (χ4v) is 2.04. The lowest BCUT2D eigenvalue weighted by Gasteiger charge is -2.01. The summed E-state index contributed by atoms with van der Waals surface area (Å²) in [6, 6.07) is 6.03. The molecular formula is C11H14N3OS+. The van der Waals surface area contributed by atoms with Crippen molar-refractivity contribution in [3.8, 4) is 17.3 Å². The lowest BCUT2D eigenvalue weighted by atomic mass is 10.2. The van der Waals surface area contributed by atoms with E-state index in [-0.39, 0.29) is 0 Å². The third-order valence-electron chi connectivity index (χ3n) is 2.26. The highest BCUT2D eigenvalue weighted by Crippen LogP contribution is 2.24. The molecule has 0 atom stereocenters. The van der Waals surface area contributed by atoms with Gasteiger partial charge in [0.1, 0.15) is 6.54 Å². The van der Waals surface area contributed by atoms with Crippen molar-refractivity contribution in [2.75, 3.05) is 6.61 Å². The third-order valence-corrected chi connectivity index (χ3v) is 2.78. The molecule has 0 saturated heterocycles. The molecule has 0 aromatic carbocycles. The van der Waals surface area contributed by atoms with Crippen molar-refractivity contribution < 1.29 is 9.30 Å². The molecule has 0 aliphatic rings. The minimum atomic E-state index is 0.609. The van der Waals surface area contributed by atoms with Gasteiger partial charge in [0.2, 0.25) is 11.4 Å². The molecule has 2 rings (SSSR count). The number of pyridine rings is 1. The van der Waals surface area contributed by atoms with Gasteiger partial charge >= 0.3 is 0 Å². The van der Waals surface area contributed by atoms with Crippen LogP contribution in [-0.2, 0) is 6.54 Å². The van der Waals surface area contributed by atoms with Gasteiger partial charge in [-0.15, -0.1) is 4.37 Å². The molecule has 2 aromatic heterocycles. The number of rotatable bonds is 4. The fourth-order valence-electron chi connectivity index (χ4n) is 1.54. The number of hydrogen-bond acceptors (Lipinski definition) is 4. The molecule has 0 amide bonds.